The SMILES string of the molecule is CCCN(Cc1ncc[nH]1)c1ccccc1F. The standard InChI is InChI=1S/C13H16FN3/c1-2-9-17(10-13-15-7-8-16-13)12-6-4-3-5-11(12)14/h3-8H,2,9-10H2,1H3,(H,15,16). The van der Waals surface area contributed by atoms with Crippen molar-refractivity contribution in [3.05, 3.63) is 48.3 Å². The molecule has 0 spiro atoms. The van der Waals surface area contributed by atoms with Crippen LogP contribution in [0.25, 0.3) is 0 Å². The Morgan fingerprint density at radius 2 is 2.18 bits per heavy atom. The molecule has 0 bridgehead atoms. The first-order chi connectivity index (χ1) is 8.31. The molecule has 0 unspecified atom stereocenters. The van der Waals surface area contributed by atoms with Crippen molar-refractivity contribution < 1.29 is 4.39 Å². The summed E-state index contributed by atoms with van der Waals surface area (Å²) in [6.07, 6.45) is 4.46. The number of anilines is 1. The van der Waals surface area contributed by atoms with E-state index in [1.54, 1.807) is 24.5 Å². The Bertz CT molecular complexity index is 453. The zero-order valence-corrected chi connectivity index (χ0v) is 9.86. The van der Waals surface area contributed by atoms with E-state index in [0.717, 1.165) is 18.8 Å². The van der Waals surface area contributed by atoms with Crippen molar-refractivity contribution in [1.82, 2.24) is 9.97 Å². The average Bonchev–Trinajstić information content (AvgIpc) is 2.82. The van der Waals surface area contributed by atoms with Gasteiger partial charge in [0.15, 0.2) is 0 Å². The molecule has 17 heavy (non-hydrogen) atoms. The normalized spacial score (nSPS) is 10.5. The second kappa shape index (κ2) is 5.48. The van der Waals surface area contributed by atoms with Crippen molar-refractivity contribution in [1.29, 1.82) is 0 Å². The van der Waals surface area contributed by atoms with Crippen molar-refractivity contribution in [2.24, 2.45) is 0 Å². The van der Waals surface area contributed by atoms with Gasteiger partial charge in [-0.15, -0.1) is 0 Å². The Balaban J connectivity index is 2.20. The van der Waals surface area contributed by atoms with Gasteiger partial charge >= 0.3 is 0 Å². The first-order valence-electron chi connectivity index (χ1n) is 5.79. The molecule has 1 aromatic carbocycles. The van der Waals surface area contributed by atoms with Crippen molar-refractivity contribution in [2.45, 2.75) is 19.9 Å². The predicted octanol–water partition coefficient (Wildman–Crippen LogP) is 2.97. The molecule has 1 aromatic heterocycles. The highest BCUT2D eigenvalue weighted by Crippen LogP contribution is 2.20. The maximum absolute atomic E-state index is 13.7. The lowest BCUT2D eigenvalue weighted by atomic mass is 10.2. The largest absolute Gasteiger partial charge is 0.362 e. The summed E-state index contributed by atoms with van der Waals surface area (Å²) in [7, 11) is 0. The van der Waals surface area contributed by atoms with E-state index < -0.39 is 0 Å². The molecule has 0 aliphatic carbocycles. The first-order valence-corrected chi connectivity index (χ1v) is 5.79. The van der Waals surface area contributed by atoms with Gasteiger partial charge in [0.05, 0.1) is 12.2 Å². The number of H-pyrrole nitrogens is 1. The van der Waals surface area contributed by atoms with E-state index in [1.165, 1.54) is 6.07 Å². The van der Waals surface area contributed by atoms with Gasteiger partial charge in [-0.1, -0.05) is 19.1 Å². The number of hydrogen-bond donors (Lipinski definition) is 1. The van der Waals surface area contributed by atoms with Gasteiger partial charge in [0.2, 0.25) is 0 Å². The van der Waals surface area contributed by atoms with Crippen LogP contribution in [0.5, 0.6) is 0 Å². The third-order valence-corrected chi connectivity index (χ3v) is 2.58. The molecule has 0 aliphatic heterocycles. The number of benzene rings is 1. The van der Waals surface area contributed by atoms with E-state index in [0.29, 0.717) is 12.2 Å². The third-order valence-electron chi connectivity index (χ3n) is 2.58. The van der Waals surface area contributed by atoms with Crippen molar-refractivity contribution in [2.75, 3.05) is 11.4 Å². The first kappa shape index (κ1) is 11.6. The predicted molar refractivity (Wildman–Crippen MR) is 66.3 cm³/mol. The third kappa shape index (κ3) is 2.84. The van der Waals surface area contributed by atoms with Crippen LogP contribution in [0.15, 0.2) is 36.7 Å². The van der Waals surface area contributed by atoms with Crippen LogP contribution in [0.2, 0.25) is 0 Å². The highest BCUT2D eigenvalue weighted by Gasteiger charge is 2.11. The van der Waals surface area contributed by atoms with Crippen LogP contribution in [0.1, 0.15) is 19.2 Å². The van der Waals surface area contributed by atoms with Crippen LogP contribution in [0.4, 0.5) is 10.1 Å². The zero-order valence-electron chi connectivity index (χ0n) is 9.86. The summed E-state index contributed by atoms with van der Waals surface area (Å²) in [6, 6.07) is 6.84. The van der Waals surface area contributed by atoms with Crippen LogP contribution in [0.3, 0.4) is 0 Å². The van der Waals surface area contributed by atoms with Crippen LogP contribution < -0.4 is 4.90 Å². The molecule has 0 atom stereocenters. The fraction of sp³-hybridized carbons (Fsp3) is 0.308. The molecule has 1 heterocycles. The molecule has 2 rings (SSSR count). The highest BCUT2D eigenvalue weighted by atomic mass is 19.1. The van der Waals surface area contributed by atoms with E-state index in [2.05, 4.69) is 16.9 Å². The van der Waals surface area contributed by atoms with Crippen LogP contribution in [-0.4, -0.2) is 16.5 Å². The fourth-order valence-electron chi connectivity index (χ4n) is 1.83. The van der Waals surface area contributed by atoms with Crippen LogP contribution >= 0.6 is 0 Å². The second-order valence-electron chi connectivity index (χ2n) is 3.91. The molecule has 4 heteroatoms. The van der Waals surface area contributed by atoms with Gasteiger partial charge in [0.1, 0.15) is 11.6 Å². The maximum Gasteiger partial charge on any atom is 0.146 e. The molecule has 0 aliphatic rings. The zero-order chi connectivity index (χ0) is 12.1. The molecule has 3 nitrogen and oxygen atoms in total. The molecular weight excluding hydrogens is 217 g/mol. The smallest absolute Gasteiger partial charge is 0.146 e. The van der Waals surface area contributed by atoms with Gasteiger partial charge < -0.3 is 9.88 Å². The van der Waals surface area contributed by atoms with Gasteiger partial charge in [0.25, 0.3) is 0 Å². The minimum Gasteiger partial charge on any atom is -0.362 e. The Hall–Kier alpha value is -1.84. The Morgan fingerprint density at radius 1 is 1.35 bits per heavy atom. The molecule has 0 saturated carbocycles. The van der Waals surface area contributed by atoms with E-state index in [9.17, 15) is 4.39 Å². The monoisotopic (exact) mass is 233 g/mol. The fourth-order valence-corrected chi connectivity index (χ4v) is 1.83. The van der Waals surface area contributed by atoms with Gasteiger partial charge in [-0.3, -0.25) is 0 Å². The Kier molecular flexibility index (Phi) is 3.75. The Labute approximate surface area is 100 Å². The topological polar surface area (TPSA) is 31.9 Å². The van der Waals surface area contributed by atoms with E-state index in [1.807, 2.05) is 11.0 Å². The van der Waals surface area contributed by atoms with E-state index in [4.69, 9.17) is 0 Å². The van der Waals surface area contributed by atoms with E-state index >= 15 is 0 Å². The maximum atomic E-state index is 13.7. The lowest BCUT2D eigenvalue weighted by Gasteiger charge is -2.23. The number of imidazole rings is 1. The summed E-state index contributed by atoms with van der Waals surface area (Å²) in [6.45, 7) is 3.49. The summed E-state index contributed by atoms with van der Waals surface area (Å²) in [5.41, 5.74) is 0.630. The molecule has 0 fully saturated rings. The molecule has 0 amide bonds. The summed E-state index contributed by atoms with van der Waals surface area (Å²) in [5, 5.41) is 0. The van der Waals surface area contributed by atoms with Crippen molar-refractivity contribution in [3.63, 3.8) is 0 Å². The number of para-hydroxylation sites is 1. The molecule has 0 radical (unpaired) electrons. The number of halogens is 1. The average molecular weight is 233 g/mol. The van der Waals surface area contributed by atoms with E-state index in [-0.39, 0.29) is 5.82 Å². The molecule has 0 saturated heterocycles. The number of aromatic amines is 1. The lowest BCUT2D eigenvalue weighted by molar-refractivity contribution is 0.612. The number of aromatic nitrogens is 2. The number of nitrogens with zero attached hydrogens (tertiary/aromatic N) is 2. The molecule has 90 valence electrons. The van der Waals surface area contributed by atoms with Crippen molar-refractivity contribution >= 4 is 5.69 Å². The minimum absolute atomic E-state index is 0.187. The number of nitrogens with one attached hydrogen (secondary N) is 1. The summed E-state index contributed by atoms with van der Waals surface area (Å²) < 4.78 is 13.7. The van der Waals surface area contributed by atoms with Gasteiger partial charge in [-0.2, -0.15) is 0 Å². The number of hydrogen-bond acceptors (Lipinski definition) is 2. The summed E-state index contributed by atoms with van der Waals surface area (Å²) in [5.74, 6) is 0.661. The van der Waals surface area contributed by atoms with Crippen LogP contribution in [-0.2, 0) is 6.54 Å². The summed E-state index contributed by atoms with van der Waals surface area (Å²) in [4.78, 5) is 9.21. The van der Waals surface area contributed by atoms with Gasteiger partial charge in [-0.05, 0) is 18.6 Å². The van der Waals surface area contributed by atoms with Gasteiger partial charge in [0, 0.05) is 18.9 Å². The quantitative estimate of drug-likeness (QED) is 0.861. The molecule has 1 N–H and O–H groups in total. The van der Waals surface area contributed by atoms with Crippen molar-refractivity contribution in [3.8, 4) is 0 Å². The second-order valence-corrected chi connectivity index (χ2v) is 3.91. The van der Waals surface area contributed by atoms with Gasteiger partial charge in [-0.25, -0.2) is 9.37 Å². The molecule has 2 aromatic rings. The minimum atomic E-state index is -0.187. The summed E-state index contributed by atoms with van der Waals surface area (Å²) >= 11 is 0. The van der Waals surface area contributed by atoms with Crippen LogP contribution in [0, 0.1) is 5.82 Å². The lowest BCUT2D eigenvalue weighted by Crippen LogP contribution is -2.25. The Morgan fingerprint density at radius 3 is 2.82 bits per heavy atom. The molecular formula is C13H16FN3. The highest BCUT2D eigenvalue weighted by molar-refractivity contribution is 5.47. The number of rotatable bonds is 5.